The van der Waals surface area contributed by atoms with E-state index in [9.17, 15) is 4.79 Å². The van der Waals surface area contributed by atoms with E-state index in [2.05, 4.69) is 36.2 Å². The molecular weight excluding hydrogens is 312 g/mol. The fourth-order valence-corrected chi connectivity index (χ4v) is 3.35. The molecule has 2 aromatic heterocycles. The fraction of sp³-hybridized carbons (Fsp3) is 0.400. The predicted molar refractivity (Wildman–Crippen MR) is 102 cm³/mol. The van der Waals surface area contributed by atoms with Crippen molar-refractivity contribution in [3.05, 3.63) is 62.7 Å². The van der Waals surface area contributed by atoms with Crippen LogP contribution in [0.1, 0.15) is 35.1 Å². The predicted octanol–water partition coefficient (Wildman–Crippen LogP) is 3.00. The third kappa shape index (κ3) is 3.66. The zero-order valence-corrected chi connectivity index (χ0v) is 15.4. The van der Waals surface area contributed by atoms with Gasteiger partial charge in [-0.05, 0) is 58.4 Å². The fourth-order valence-electron chi connectivity index (χ4n) is 3.35. The van der Waals surface area contributed by atoms with Gasteiger partial charge >= 0.3 is 0 Å². The maximum atomic E-state index is 12.3. The van der Waals surface area contributed by atoms with Crippen LogP contribution in [0.5, 0.6) is 0 Å². The number of rotatable bonds is 6. The van der Waals surface area contributed by atoms with Crippen molar-refractivity contribution in [1.82, 2.24) is 20.1 Å². The van der Waals surface area contributed by atoms with Crippen LogP contribution in [0.2, 0.25) is 0 Å². The second kappa shape index (κ2) is 7.23. The monoisotopic (exact) mass is 338 g/mol. The second-order valence-corrected chi connectivity index (χ2v) is 6.60. The molecule has 25 heavy (non-hydrogen) atoms. The van der Waals surface area contributed by atoms with E-state index in [1.165, 1.54) is 11.3 Å². The van der Waals surface area contributed by atoms with Crippen LogP contribution in [0.15, 0.2) is 29.1 Å². The summed E-state index contributed by atoms with van der Waals surface area (Å²) in [5.74, 6) is 0. The smallest absolute Gasteiger partial charge is 0.189 e. The van der Waals surface area contributed by atoms with E-state index < -0.39 is 0 Å². The Kier molecular flexibility index (Phi) is 5.04. The Morgan fingerprint density at radius 2 is 2.00 bits per heavy atom. The molecule has 3 rings (SSSR count). The first-order valence-electron chi connectivity index (χ1n) is 8.85. The molecule has 0 saturated carbocycles. The Bertz CT molecular complexity index is 952. The molecule has 2 heterocycles. The lowest BCUT2D eigenvalue weighted by atomic mass is 10.1. The van der Waals surface area contributed by atoms with E-state index >= 15 is 0 Å². The lowest BCUT2D eigenvalue weighted by Crippen LogP contribution is -2.19. The minimum Gasteiger partial charge on any atom is -0.357 e. The zero-order chi connectivity index (χ0) is 18.0. The largest absolute Gasteiger partial charge is 0.357 e. The highest BCUT2D eigenvalue weighted by Gasteiger charge is 2.10. The lowest BCUT2D eigenvalue weighted by Gasteiger charge is -2.08. The quantitative estimate of drug-likeness (QED) is 0.679. The molecular formula is C20H26N4O. The molecule has 0 atom stereocenters. The lowest BCUT2D eigenvalue weighted by molar-refractivity contribution is 0.631. The maximum absolute atomic E-state index is 12.3. The molecule has 0 aliphatic heterocycles. The molecule has 0 spiro atoms. The van der Waals surface area contributed by atoms with E-state index in [0.29, 0.717) is 6.54 Å². The van der Waals surface area contributed by atoms with Crippen molar-refractivity contribution in [2.75, 3.05) is 6.54 Å². The van der Waals surface area contributed by atoms with Crippen molar-refractivity contribution in [2.24, 2.45) is 0 Å². The number of nitrogens with one attached hydrogen (secondary N) is 2. The minimum atomic E-state index is 0.0742. The zero-order valence-electron chi connectivity index (χ0n) is 15.4. The van der Waals surface area contributed by atoms with Crippen LogP contribution in [0.4, 0.5) is 0 Å². The number of nitrogens with zero attached hydrogens (tertiary/aromatic N) is 2. The summed E-state index contributed by atoms with van der Waals surface area (Å²) in [5, 5.41) is 8.74. The number of benzene rings is 1. The number of aryl methyl sites for hydroxylation is 3. The molecule has 5 nitrogen and oxygen atoms in total. The topological polar surface area (TPSA) is 62.7 Å². The molecule has 1 aromatic carbocycles. The van der Waals surface area contributed by atoms with E-state index in [-0.39, 0.29) is 5.43 Å². The van der Waals surface area contributed by atoms with Crippen LogP contribution < -0.4 is 10.7 Å². The molecule has 0 fully saturated rings. The van der Waals surface area contributed by atoms with Gasteiger partial charge in [0.05, 0.1) is 5.69 Å². The van der Waals surface area contributed by atoms with Crippen molar-refractivity contribution in [2.45, 2.75) is 47.2 Å². The number of hydrogen-bond acceptors (Lipinski definition) is 3. The van der Waals surface area contributed by atoms with Crippen LogP contribution in [-0.4, -0.2) is 21.3 Å². The first kappa shape index (κ1) is 17.4. The Labute approximate surface area is 148 Å². The van der Waals surface area contributed by atoms with Gasteiger partial charge in [0.15, 0.2) is 5.43 Å². The highest BCUT2D eigenvalue weighted by Crippen LogP contribution is 2.13. The summed E-state index contributed by atoms with van der Waals surface area (Å²) in [7, 11) is 0. The average Bonchev–Trinajstić information content (AvgIpc) is 2.86. The van der Waals surface area contributed by atoms with Gasteiger partial charge in [0.1, 0.15) is 0 Å². The second-order valence-electron chi connectivity index (χ2n) is 6.60. The molecule has 0 bridgehead atoms. The summed E-state index contributed by atoms with van der Waals surface area (Å²) in [4.78, 5) is 15.6. The van der Waals surface area contributed by atoms with Gasteiger partial charge in [0.2, 0.25) is 0 Å². The van der Waals surface area contributed by atoms with Gasteiger partial charge in [-0.2, -0.15) is 5.10 Å². The number of H-pyrrole nitrogens is 1. The van der Waals surface area contributed by atoms with Gasteiger partial charge in [-0.25, -0.2) is 0 Å². The van der Waals surface area contributed by atoms with Crippen LogP contribution in [-0.2, 0) is 19.5 Å². The van der Waals surface area contributed by atoms with E-state index in [0.717, 1.165) is 47.4 Å². The first-order valence-corrected chi connectivity index (χ1v) is 8.85. The third-order valence-corrected chi connectivity index (χ3v) is 4.74. The average molecular weight is 338 g/mol. The molecule has 132 valence electrons. The van der Waals surface area contributed by atoms with Gasteiger partial charge in [0, 0.05) is 41.4 Å². The molecule has 3 aromatic rings. The van der Waals surface area contributed by atoms with E-state index in [1.54, 1.807) is 6.07 Å². The number of fused-ring (bicyclic) bond motifs is 1. The van der Waals surface area contributed by atoms with Crippen molar-refractivity contribution in [1.29, 1.82) is 0 Å². The standard InChI is InChI=1S/C20H26N4O/c1-5-24-15(4)17(14(3)23-24)8-9-21-12-16-11-20(25)18-10-13(2)6-7-19(18)22-16/h6-7,10-11,21H,5,8-9,12H2,1-4H3,(H,22,25). The number of aromatic nitrogens is 3. The van der Waals surface area contributed by atoms with Crippen molar-refractivity contribution >= 4 is 10.9 Å². The Morgan fingerprint density at radius 3 is 2.72 bits per heavy atom. The molecule has 2 N–H and O–H groups in total. The van der Waals surface area contributed by atoms with Crippen LogP contribution in [0, 0.1) is 20.8 Å². The molecule has 0 radical (unpaired) electrons. The highest BCUT2D eigenvalue weighted by atomic mass is 16.1. The Hall–Kier alpha value is -2.40. The highest BCUT2D eigenvalue weighted by molar-refractivity contribution is 5.79. The van der Waals surface area contributed by atoms with Crippen LogP contribution >= 0.6 is 0 Å². The van der Waals surface area contributed by atoms with Crippen molar-refractivity contribution < 1.29 is 0 Å². The maximum Gasteiger partial charge on any atom is 0.189 e. The molecule has 0 amide bonds. The number of aromatic amines is 1. The summed E-state index contributed by atoms with van der Waals surface area (Å²) >= 11 is 0. The van der Waals surface area contributed by atoms with Gasteiger partial charge in [-0.15, -0.1) is 0 Å². The van der Waals surface area contributed by atoms with E-state index in [1.807, 2.05) is 29.8 Å². The van der Waals surface area contributed by atoms with Crippen LogP contribution in [0.25, 0.3) is 10.9 Å². The normalized spacial score (nSPS) is 11.4. The Balaban J connectivity index is 1.65. The summed E-state index contributed by atoms with van der Waals surface area (Å²) in [6.45, 7) is 10.7. The number of pyridine rings is 1. The molecule has 0 aliphatic carbocycles. The third-order valence-electron chi connectivity index (χ3n) is 4.74. The first-order chi connectivity index (χ1) is 12.0. The van der Waals surface area contributed by atoms with Crippen LogP contribution in [0.3, 0.4) is 0 Å². The van der Waals surface area contributed by atoms with Gasteiger partial charge in [-0.3, -0.25) is 9.48 Å². The molecule has 0 aliphatic rings. The summed E-state index contributed by atoms with van der Waals surface area (Å²) in [5.41, 5.74) is 6.65. The Morgan fingerprint density at radius 1 is 1.20 bits per heavy atom. The summed E-state index contributed by atoms with van der Waals surface area (Å²) in [6.07, 6.45) is 0.939. The minimum absolute atomic E-state index is 0.0742. The van der Waals surface area contributed by atoms with Crippen molar-refractivity contribution in [3.63, 3.8) is 0 Å². The summed E-state index contributed by atoms with van der Waals surface area (Å²) in [6, 6.07) is 7.62. The molecule has 0 unspecified atom stereocenters. The molecule has 0 saturated heterocycles. The SMILES string of the molecule is CCn1nc(C)c(CCNCc2cc(=O)c3cc(C)ccc3[nH]2)c1C. The molecule has 5 heteroatoms. The van der Waals surface area contributed by atoms with Gasteiger partial charge in [0.25, 0.3) is 0 Å². The van der Waals surface area contributed by atoms with E-state index in [4.69, 9.17) is 0 Å². The number of hydrogen-bond donors (Lipinski definition) is 2. The van der Waals surface area contributed by atoms with Gasteiger partial charge < -0.3 is 10.3 Å². The van der Waals surface area contributed by atoms with Crippen molar-refractivity contribution in [3.8, 4) is 0 Å². The van der Waals surface area contributed by atoms with Gasteiger partial charge in [-0.1, -0.05) is 11.6 Å². The summed E-state index contributed by atoms with van der Waals surface area (Å²) < 4.78 is 2.05.